The fraction of sp³-hybridized carbons (Fsp3) is 0.533. The Morgan fingerprint density at radius 2 is 2.05 bits per heavy atom. The molecule has 1 aliphatic rings. The molecule has 6 heteroatoms. The molecule has 0 radical (unpaired) electrons. The normalized spacial score (nSPS) is 15.2. The molecule has 0 aliphatic carbocycles. The number of piperidine rings is 1. The highest BCUT2D eigenvalue weighted by molar-refractivity contribution is 5.85. The monoisotopic (exact) mass is 316 g/mol. The number of benzene rings is 1. The molecule has 118 valence electrons. The molecule has 0 aromatic heterocycles. The van der Waals surface area contributed by atoms with Crippen molar-refractivity contribution in [1.82, 2.24) is 10.2 Å². The van der Waals surface area contributed by atoms with Crippen molar-refractivity contribution >= 4 is 18.3 Å². The first-order valence-electron chi connectivity index (χ1n) is 6.91. The Labute approximate surface area is 131 Å². The number of hydrogen-bond donors (Lipinski definition) is 1. The fourth-order valence-electron chi connectivity index (χ4n) is 2.34. The molecular weight excluding hydrogens is 295 g/mol. The number of amides is 1. The highest BCUT2D eigenvalue weighted by Crippen LogP contribution is 2.29. The lowest BCUT2D eigenvalue weighted by Gasteiger charge is -2.23. The molecule has 0 atom stereocenters. The van der Waals surface area contributed by atoms with E-state index < -0.39 is 0 Å². The minimum atomic E-state index is -0.244. The third kappa shape index (κ3) is 4.86. The van der Waals surface area contributed by atoms with Crippen LogP contribution >= 0.6 is 12.4 Å². The van der Waals surface area contributed by atoms with Crippen LogP contribution in [-0.4, -0.2) is 44.6 Å². The molecule has 1 aromatic rings. The van der Waals surface area contributed by atoms with Crippen molar-refractivity contribution in [3.63, 3.8) is 0 Å². The summed E-state index contributed by atoms with van der Waals surface area (Å²) in [6.45, 7) is 1.79. The Hall–Kier alpha value is -1.33. The van der Waals surface area contributed by atoms with Crippen molar-refractivity contribution in [2.75, 3.05) is 33.8 Å². The van der Waals surface area contributed by atoms with Crippen LogP contribution in [0.3, 0.4) is 0 Å². The predicted octanol–water partition coefficient (Wildman–Crippen LogP) is 2.18. The molecule has 0 unspecified atom stereocenters. The first-order chi connectivity index (χ1) is 9.58. The van der Waals surface area contributed by atoms with Gasteiger partial charge >= 0.3 is 0 Å². The summed E-state index contributed by atoms with van der Waals surface area (Å²) in [5.74, 6) is 0.281. The van der Waals surface area contributed by atoms with Gasteiger partial charge in [-0.1, -0.05) is 6.07 Å². The lowest BCUT2D eigenvalue weighted by atomic mass is 9.90. The second kappa shape index (κ2) is 8.20. The highest BCUT2D eigenvalue weighted by atomic mass is 35.5. The second-order valence-electron chi connectivity index (χ2n) is 5.28. The number of hydrogen-bond acceptors (Lipinski definition) is 3. The summed E-state index contributed by atoms with van der Waals surface area (Å²) in [4.78, 5) is 12.9. The lowest BCUT2D eigenvalue weighted by Crippen LogP contribution is -2.27. The largest absolute Gasteiger partial charge is 0.484 e. The van der Waals surface area contributed by atoms with Crippen molar-refractivity contribution in [2.45, 2.75) is 18.8 Å². The Morgan fingerprint density at radius 3 is 2.62 bits per heavy atom. The van der Waals surface area contributed by atoms with Gasteiger partial charge in [0.05, 0.1) is 0 Å². The van der Waals surface area contributed by atoms with Crippen LogP contribution in [0.1, 0.15) is 24.3 Å². The first kappa shape index (κ1) is 17.7. The van der Waals surface area contributed by atoms with Crippen LogP contribution in [0.5, 0.6) is 5.75 Å². The highest BCUT2D eigenvalue weighted by Gasteiger charge is 2.19. The van der Waals surface area contributed by atoms with E-state index in [2.05, 4.69) is 5.32 Å². The van der Waals surface area contributed by atoms with E-state index in [4.69, 9.17) is 4.74 Å². The van der Waals surface area contributed by atoms with E-state index in [0.29, 0.717) is 5.75 Å². The molecule has 2 rings (SSSR count). The average Bonchev–Trinajstić information content (AvgIpc) is 2.45. The van der Waals surface area contributed by atoms with Gasteiger partial charge in [0.15, 0.2) is 6.61 Å². The Bertz CT molecular complexity index is 477. The summed E-state index contributed by atoms with van der Waals surface area (Å²) in [5, 5.41) is 3.27. The van der Waals surface area contributed by atoms with E-state index in [1.54, 1.807) is 26.2 Å². The number of carbonyl (C=O) groups is 1. The number of halogens is 2. The van der Waals surface area contributed by atoms with Gasteiger partial charge in [-0.2, -0.15) is 0 Å². The van der Waals surface area contributed by atoms with Crippen LogP contribution in [0, 0.1) is 5.82 Å². The first-order valence-corrected chi connectivity index (χ1v) is 6.91. The third-order valence-corrected chi connectivity index (χ3v) is 3.61. The third-order valence-electron chi connectivity index (χ3n) is 3.61. The lowest BCUT2D eigenvalue weighted by molar-refractivity contribution is -0.130. The van der Waals surface area contributed by atoms with E-state index in [1.807, 2.05) is 0 Å². The molecule has 1 amide bonds. The van der Waals surface area contributed by atoms with Crippen LogP contribution in [0.25, 0.3) is 0 Å². The summed E-state index contributed by atoms with van der Waals surface area (Å²) in [5.41, 5.74) is 0.748. The van der Waals surface area contributed by atoms with E-state index in [1.165, 1.54) is 11.0 Å². The van der Waals surface area contributed by atoms with Crippen LogP contribution in [0.2, 0.25) is 0 Å². The Kier molecular flexibility index (Phi) is 6.92. The van der Waals surface area contributed by atoms with Crippen molar-refractivity contribution in [2.24, 2.45) is 0 Å². The maximum atomic E-state index is 14.1. The molecule has 4 nitrogen and oxygen atoms in total. The summed E-state index contributed by atoms with van der Waals surface area (Å²) in [7, 11) is 3.32. The van der Waals surface area contributed by atoms with Gasteiger partial charge in [-0.25, -0.2) is 4.39 Å². The molecule has 1 aliphatic heterocycles. The van der Waals surface area contributed by atoms with E-state index in [-0.39, 0.29) is 36.7 Å². The molecule has 1 heterocycles. The number of nitrogens with one attached hydrogen (secondary N) is 1. The van der Waals surface area contributed by atoms with Crippen molar-refractivity contribution in [3.05, 3.63) is 29.6 Å². The van der Waals surface area contributed by atoms with E-state index in [0.717, 1.165) is 31.5 Å². The molecule has 0 saturated carbocycles. The zero-order chi connectivity index (χ0) is 14.5. The van der Waals surface area contributed by atoms with Crippen LogP contribution in [0.15, 0.2) is 18.2 Å². The Morgan fingerprint density at radius 1 is 1.38 bits per heavy atom. The number of carbonyl (C=O) groups excluding carboxylic acids is 1. The Balaban J connectivity index is 0.00000220. The SMILES string of the molecule is CN(C)C(=O)COc1ccc(C2CCNCC2)c(F)c1.Cl. The molecule has 21 heavy (non-hydrogen) atoms. The molecule has 0 bridgehead atoms. The van der Waals surface area contributed by atoms with Gasteiger partial charge < -0.3 is 15.0 Å². The van der Waals surface area contributed by atoms with Gasteiger partial charge in [0.1, 0.15) is 11.6 Å². The molecule has 0 spiro atoms. The van der Waals surface area contributed by atoms with Gasteiger partial charge in [0.25, 0.3) is 5.91 Å². The molecule has 1 saturated heterocycles. The van der Waals surface area contributed by atoms with Gasteiger partial charge in [0, 0.05) is 20.2 Å². The quantitative estimate of drug-likeness (QED) is 0.926. The summed E-state index contributed by atoms with van der Waals surface area (Å²) in [6.07, 6.45) is 1.91. The van der Waals surface area contributed by atoms with Crippen molar-refractivity contribution < 1.29 is 13.9 Å². The van der Waals surface area contributed by atoms with Gasteiger partial charge in [-0.15, -0.1) is 12.4 Å². The van der Waals surface area contributed by atoms with Crippen LogP contribution < -0.4 is 10.1 Å². The van der Waals surface area contributed by atoms with E-state index in [9.17, 15) is 9.18 Å². The summed E-state index contributed by atoms with van der Waals surface area (Å²) < 4.78 is 19.4. The second-order valence-corrected chi connectivity index (χ2v) is 5.28. The van der Waals surface area contributed by atoms with Gasteiger partial charge in [0.2, 0.25) is 0 Å². The topological polar surface area (TPSA) is 41.6 Å². The molecule has 1 aromatic carbocycles. The number of rotatable bonds is 4. The fourth-order valence-corrected chi connectivity index (χ4v) is 2.34. The standard InChI is InChI=1S/C15H21FN2O2.ClH/c1-18(2)15(19)10-20-12-3-4-13(14(16)9-12)11-5-7-17-8-6-11;/h3-4,9,11,17H,5-8,10H2,1-2H3;1H. The van der Waals surface area contributed by atoms with E-state index >= 15 is 0 Å². The zero-order valence-corrected chi connectivity index (χ0v) is 13.2. The van der Waals surface area contributed by atoms with Crippen molar-refractivity contribution in [1.29, 1.82) is 0 Å². The predicted molar refractivity (Wildman–Crippen MR) is 82.7 cm³/mol. The van der Waals surface area contributed by atoms with Gasteiger partial charge in [-0.05, 0) is 43.5 Å². The molecule has 1 fully saturated rings. The molecular formula is C15H22ClFN2O2. The number of ether oxygens (including phenoxy) is 1. The number of nitrogens with zero attached hydrogens (tertiary/aromatic N) is 1. The van der Waals surface area contributed by atoms with Gasteiger partial charge in [-0.3, -0.25) is 4.79 Å². The summed E-state index contributed by atoms with van der Waals surface area (Å²) in [6, 6.07) is 4.89. The smallest absolute Gasteiger partial charge is 0.259 e. The average molecular weight is 317 g/mol. The minimum absolute atomic E-state index is 0. The van der Waals surface area contributed by atoms with Crippen molar-refractivity contribution in [3.8, 4) is 5.75 Å². The minimum Gasteiger partial charge on any atom is -0.484 e. The summed E-state index contributed by atoms with van der Waals surface area (Å²) >= 11 is 0. The number of likely N-dealkylation sites (N-methyl/N-ethyl adjacent to an activating group) is 1. The maximum absolute atomic E-state index is 14.1. The van der Waals surface area contributed by atoms with Crippen LogP contribution in [-0.2, 0) is 4.79 Å². The molecule has 1 N–H and O–H groups in total. The maximum Gasteiger partial charge on any atom is 0.259 e. The van der Waals surface area contributed by atoms with Crippen LogP contribution in [0.4, 0.5) is 4.39 Å². The zero-order valence-electron chi connectivity index (χ0n) is 12.4.